The van der Waals surface area contributed by atoms with Crippen LogP contribution in [0, 0.1) is 0 Å². The Bertz CT molecular complexity index is 219. The van der Waals surface area contributed by atoms with Crippen LogP contribution in [-0.2, 0) is 6.42 Å². The monoisotopic (exact) mass is 139 g/mol. The minimum atomic E-state index is 0.503. The van der Waals surface area contributed by atoms with E-state index >= 15 is 0 Å². The van der Waals surface area contributed by atoms with Crippen molar-refractivity contribution in [3.63, 3.8) is 0 Å². The minimum Gasteiger partial charge on any atom is -0.340 e. The number of hydrogen-bond donors (Lipinski definition) is 2. The van der Waals surface area contributed by atoms with Gasteiger partial charge in [0, 0.05) is 6.42 Å². The zero-order chi connectivity index (χ0) is 7.40. The molecule has 0 radical (unpaired) electrons. The van der Waals surface area contributed by atoms with Gasteiger partial charge in [0.25, 0.3) is 0 Å². The van der Waals surface area contributed by atoms with Gasteiger partial charge in [0.15, 0.2) is 6.29 Å². The van der Waals surface area contributed by atoms with Crippen LogP contribution in [0.4, 0.5) is 0 Å². The summed E-state index contributed by atoms with van der Waals surface area (Å²) < 4.78 is 0. The lowest BCUT2D eigenvalue weighted by Gasteiger charge is -1.87. The van der Waals surface area contributed by atoms with E-state index in [1.165, 1.54) is 6.20 Å². The fourth-order valence-corrected chi connectivity index (χ4v) is 0.702. The molecule has 4 heteroatoms. The van der Waals surface area contributed by atoms with Gasteiger partial charge in [-0.25, -0.2) is 4.98 Å². The molecule has 1 rings (SSSR count). The van der Waals surface area contributed by atoms with Gasteiger partial charge in [0.05, 0.1) is 11.9 Å². The largest absolute Gasteiger partial charge is 0.340 e. The van der Waals surface area contributed by atoms with Gasteiger partial charge < -0.3 is 10.7 Å². The highest BCUT2D eigenvalue weighted by atomic mass is 16.1. The summed E-state index contributed by atoms with van der Waals surface area (Å²) in [6.07, 6.45) is 2.92. The number of hydrogen-bond acceptors (Lipinski definition) is 3. The molecule has 1 aromatic rings. The van der Waals surface area contributed by atoms with E-state index < -0.39 is 0 Å². The number of aldehydes is 1. The molecule has 0 aromatic carbocycles. The SMILES string of the molecule is NCCc1ncc(C=O)[nH]1. The van der Waals surface area contributed by atoms with E-state index in [4.69, 9.17) is 5.73 Å². The van der Waals surface area contributed by atoms with Crippen LogP contribution in [0.25, 0.3) is 0 Å². The topological polar surface area (TPSA) is 71.8 Å². The second-order valence-corrected chi connectivity index (χ2v) is 1.94. The average molecular weight is 139 g/mol. The summed E-state index contributed by atoms with van der Waals surface area (Å²) >= 11 is 0. The fourth-order valence-electron chi connectivity index (χ4n) is 0.702. The van der Waals surface area contributed by atoms with Crippen molar-refractivity contribution in [2.45, 2.75) is 6.42 Å². The predicted octanol–water partition coefficient (Wildman–Crippen LogP) is -0.277. The summed E-state index contributed by atoms with van der Waals surface area (Å²) in [5.41, 5.74) is 5.77. The Hall–Kier alpha value is -1.16. The maximum absolute atomic E-state index is 10.1. The van der Waals surface area contributed by atoms with Crippen molar-refractivity contribution in [2.24, 2.45) is 5.73 Å². The van der Waals surface area contributed by atoms with Gasteiger partial charge in [-0.3, -0.25) is 4.79 Å². The summed E-state index contributed by atoms with van der Waals surface area (Å²) in [7, 11) is 0. The molecule has 3 N–H and O–H groups in total. The first-order chi connectivity index (χ1) is 4.86. The Morgan fingerprint density at radius 1 is 1.80 bits per heavy atom. The van der Waals surface area contributed by atoms with Crippen LogP contribution in [0.2, 0.25) is 0 Å². The zero-order valence-corrected chi connectivity index (χ0v) is 5.50. The molecule has 0 aliphatic rings. The van der Waals surface area contributed by atoms with Gasteiger partial charge in [0.2, 0.25) is 0 Å². The molecule has 10 heavy (non-hydrogen) atoms. The van der Waals surface area contributed by atoms with Gasteiger partial charge in [-0.15, -0.1) is 0 Å². The van der Waals surface area contributed by atoms with Crippen molar-refractivity contribution in [1.29, 1.82) is 0 Å². The molecule has 0 spiro atoms. The molecular formula is C6H9N3O. The quantitative estimate of drug-likeness (QED) is 0.566. The Balaban J connectivity index is 2.68. The molecule has 4 nitrogen and oxygen atoms in total. The molecule has 0 fully saturated rings. The van der Waals surface area contributed by atoms with E-state index in [9.17, 15) is 4.79 Å². The van der Waals surface area contributed by atoms with Crippen LogP contribution in [0.5, 0.6) is 0 Å². The summed E-state index contributed by atoms with van der Waals surface area (Å²) in [6, 6.07) is 0. The molecule has 0 saturated heterocycles. The van der Waals surface area contributed by atoms with E-state index in [1.807, 2.05) is 0 Å². The lowest BCUT2D eigenvalue weighted by molar-refractivity contribution is 0.111. The molecule has 0 unspecified atom stereocenters. The third kappa shape index (κ3) is 1.41. The van der Waals surface area contributed by atoms with Gasteiger partial charge >= 0.3 is 0 Å². The lowest BCUT2D eigenvalue weighted by atomic mass is 10.4. The van der Waals surface area contributed by atoms with Crippen molar-refractivity contribution >= 4 is 6.29 Å². The number of H-pyrrole nitrogens is 1. The molecule has 54 valence electrons. The van der Waals surface area contributed by atoms with Crippen LogP contribution < -0.4 is 5.73 Å². The molecule has 0 saturated carbocycles. The number of rotatable bonds is 3. The van der Waals surface area contributed by atoms with Crippen LogP contribution in [-0.4, -0.2) is 22.8 Å². The highest BCUT2D eigenvalue weighted by molar-refractivity contribution is 5.71. The number of carbonyl (C=O) groups is 1. The predicted molar refractivity (Wildman–Crippen MR) is 36.7 cm³/mol. The molecule has 0 aliphatic carbocycles. The van der Waals surface area contributed by atoms with Crippen molar-refractivity contribution in [2.75, 3.05) is 6.54 Å². The van der Waals surface area contributed by atoms with Crippen molar-refractivity contribution in [3.8, 4) is 0 Å². The van der Waals surface area contributed by atoms with Crippen LogP contribution in [0.3, 0.4) is 0 Å². The fraction of sp³-hybridized carbons (Fsp3) is 0.333. The maximum Gasteiger partial charge on any atom is 0.167 e. The Morgan fingerprint density at radius 2 is 2.60 bits per heavy atom. The Labute approximate surface area is 58.5 Å². The molecule has 0 amide bonds. The molecule has 1 heterocycles. The number of nitrogens with zero attached hydrogens (tertiary/aromatic N) is 1. The third-order valence-electron chi connectivity index (χ3n) is 1.16. The highest BCUT2D eigenvalue weighted by Crippen LogP contribution is 1.92. The van der Waals surface area contributed by atoms with E-state index in [2.05, 4.69) is 9.97 Å². The van der Waals surface area contributed by atoms with Crippen molar-refractivity contribution < 1.29 is 4.79 Å². The van der Waals surface area contributed by atoms with Gasteiger partial charge in [-0.2, -0.15) is 0 Å². The Kier molecular flexibility index (Phi) is 2.17. The van der Waals surface area contributed by atoms with Gasteiger partial charge in [-0.05, 0) is 6.54 Å². The molecule has 0 bridgehead atoms. The summed E-state index contributed by atoms with van der Waals surface area (Å²) in [6.45, 7) is 0.547. The first-order valence-electron chi connectivity index (χ1n) is 3.06. The number of nitrogens with two attached hydrogens (primary N) is 1. The number of carbonyl (C=O) groups excluding carboxylic acids is 1. The molecule has 1 aromatic heterocycles. The maximum atomic E-state index is 10.1. The van der Waals surface area contributed by atoms with Crippen molar-refractivity contribution in [1.82, 2.24) is 9.97 Å². The number of imidazole rings is 1. The summed E-state index contributed by atoms with van der Waals surface area (Å²) in [5.74, 6) is 0.768. The smallest absolute Gasteiger partial charge is 0.167 e. The summed E-state index contributed by atoms with van der Waals surface area (Å²) in [5, 5.41) is 0. The lowest BCUT2D eigenvalue weighted by Crippen LogP contribution is -2.03. The van der Waals surface area contributed by atoms with Gasteiger partial charge in [-0.1, -0.05) is 0 Å². The first-order valence-corrected chi connectivity index (χ1v) is 3.06. The molecule has 0 aliphatic heterocycles. The van der Waals surface area contributed by atoms with Crippen molar-refractivity contribution in [3.05, 3.63) is 17.7 Å². The van der Waals surface area contributed by atoms with E-state index in [0.29, 0.717) is 18.7 Å². The third-order valence-corrected chi connectivity index (χ3v) is 1.16. The number of aromatic amines is 1. The zero-order valence-electron chi connectivity index (χ0n) is 5.50. The summed E-state index contributed by atoms with van der Waals surface area (Å²) in [4.78, 5) is 16.8. The number of aromatic nitrogens is 2. The second kappa shape index (κ2) is 3.12. The normalized spacial score (nSPS) is 9.70. The molecule has 0 atom stereocenters. The van der Waals surface area contributed by atoms with E-state index in [-0.39, 0.29) is 0 Å². The van der Waals surface area contributed by atoms with Gasteiger partial charge in [0.1, 0.15) is 5.82 Å². The van der Waals surface area contributed by atoms with Crippen LogP contribution in [0.15, 0.2) is 6.20 Å². The molecular weight excluding hydrogens is 130 g/mol. The van der Waals surface area contributed by atoms with Crippen LogP contribution >= 0.6 is 0 Å². The Morgan fingerprint density at radius 3 is 3.10 bits per heavy atom. The highest BCUT2D eigenvalue weighted by Gasteiger charge is 1.95. The number of nitrogens with one attached hydrogen (secondary N) is 1. The standard InChI is InChI=1S/C6H9N3O/c7-2-1-6-8-3-5(4-10)9-6/h3-4H,1-2,7H2,(H,8,9). The second-order valence-electron chi connectivity index (χ2n) is 1.94. The minimum absolute atomic E-state index is 0.503. The van der Waals surface area contributed by atoms with Crippen LogP contribution in [0.1, 0.15) is 16.3 Å². The van der Waals surface area contributed by atoms with E-state index in [1.54, 1.807) is 0 Å². The first kappa shape index (κ1) is 6.95. The van der Waals surface area contributed by atoms with E-state index in [0.717, 1.165) is 12.1 Å². The average Bonchev–Trinajstić information content (AvgIpc) is 2.37.